The second kappa shape index (κ2) is 9.17. The van der Waals surface area contributed by atoms with E-state index in [4.69, 9.17) is 11.6 Å². The Balaban J connectivity index is 1.50. The number of rotatable bonds is 8. The third-order valence-corrected chi connectivity index (χ3v) is 4.92. The number of aromatic nitrogens is 1. The molecule has 28 heavy (non-hydrogen) atoms. The normalized spacial score (nSPS) is 13.4. The molecular formula is C21H25ClN4O2. The molecule has 6 nitrogen and oxygen atoms in total. The Hall–Kier alpha value is -2.44. The predicted molar refractivity (Wildman–Crippen MR) is 112 cm³/mol. The van der Waals surface area contributed by atoms with Crippen molar-refractivity contribution in [3.8, 4) is 0 Å². The van der Waals surface area contributed by atoms with E-state index in [0.29, 0.717) is 29.8 Å². The molecule has 0 radical (unpaired) electrons. The highest BCUT2D eigenvalue weighted by atomic mass is 35.5. The molecule has 148 valence electrons. The van der Waals surface area contributed by atoms with Gasteiger partial charge in [-0.05, 0) is 56.0 Å². The Morgan fingerprint density at radius 2 is 1.93 bits per heavy atom. The van der Waals surface area contributed by atoms with Gasteiger partial charge < -0.3 is 10.6 Å². The molecule has 2 aromatic rings. The van der Waals surface area contributed by atoms with E-state index in [-0.39, 0.29) is 18.4 Å². The van der Waals surface area contributed by atoms with Crippen LogP contribution >= 0.6 is 11.6 Å². The highest BCUT2D eigenvalue weighted by Crippen LogP contribution is 2.27. The van der Waals surface area contributed by atoms with Gasteiger partial charge in [-0.15, -0.1) is 0 Å². The molecule has 1 fully saturated rings. The van der Waals surface area contributed by atoms with Gasteiger partial charge in [-0.1, -0.05) is 23.7 Å². The number of halogens is 1. The largest absolute Gasteiger partial charge is 0.325 e. The zero-order valence-electron chi connectivity index (χ0n) is 16.2. The topological polar surface area (TPSA) is 74.3 Å². The second-order valence-electron chi connectivity index (χ2n) is 7.23. The standard InChI is InChI=1S/C21H25ClN4O2/c1-14-3-4-15(2)18(11-14)24-21(28)13-26(17-6-7-17)10-9-20(27)25-19-8-5-16(22)12-23-19/h3-5,8,11-12,17H,6-7,9-10,13H2,1-2H3,(H,24,28)(H,23,25,27). The Morgan fingerprint density at radius 3 is 2.61 bits per heavy atom. The van der Waals surface area contributed by atoms with E-state index in [0.717, 1.165) is 29.7 Å². The predicted octanol–water partition coefficient (Wildman–Crippen LogP) is 3.78. The first-order chi connectivity index (χ1) is 13.4. The Morgan fingerprint density at radius 1 is 1.14 bits per heavy atom. The lowest BCUT2D eigenvalue weighted by atomic mass is 10.1. The number of nitrogens with one attached hydrogen (secondary N) is 2. The van der Waals surface area contributed by atoms with E-state index < -0.39 is 0 Å². The number of anilines is 2. The van der Waals surface area contributed by atoms with Crippen molar-refractivity contribution in [2.24, 2.45) is 0 Å². The summed E-state index contributed by atoms with van der Waals surface area (Å²) in [6.07, 6.45) is 3.93. The van der Waals surface area contributed by atoms with Crippen molar-refractivity contribution in [2.75, 3.05) is 23.7 Å². The van der Waals surface area contributed by atoms with E-state index in [9.17, 15) is 9.59 Å². The monoisotopic (exact) mass is 400 g/mol. The molecule has 1 aliphatic carbocycles. The van der Waals surface area contributed by atoms with Gasteiger partial charge in [0.2, 0.25) is 11.8 Å². The average molecular weight is 401 g/mol. The van der Waals surface area contributed by atoms with E-state index in [1.807, 2.05) is 32.0 Å². The summed E-state index contributed by atoms with van der Waals surface area (Å²) in [7, 11) is 0. The molecule has 2 amide bonds. The minimum absolute atomic E-state index is 0.0552. The van der Waals surface area contributed by atoms with Gasteiger partial charge in [-0.25, -0.2) is 4.98 Å². The summed E-state index contributed by atoms with van der Waals surface area (Å²) in [5.74, 6) is 0.288. The maximum Gasteiger partial charge on any atom is 0.238 e. The van der Waals surface area contributed by atoms with Crippen LogP contribution in [-0.2, 0) is 9.59 Å². The van der Waals surface area contributed by atoms with Crippen LogP contribution in [0, 0.1) is 13.8 Å². The molecule has 0 bridgehead atoms. The maximum atomic E-state index is 12.5. The quantitative estimate of drug-likeness (QED) is 0.707. The third-order valence-electron chi connectivity index (χ3n) is 4.70. The lowest BCUT2D eigenvalue weighted by molar-refractivity contribution is -0.119. The van der Waals surface area contributed by atoms with Gasteiger partial charge in [-0.3, -0.25) is 14.5 Å². The van der Waals surface area contributed by atoms with Crippen molar-refractivity contribution >= 4 is 34.9 Å². The molecule has 1 aromatic carbocycles. The number of hydrogen-bond acceptors (Lipinski definition) is 4. The van der Waals surface area contributed by atoms with Crippen LogP contribution in [0.3, 0.4) is 0 Å². The van der Waals surface area contributed by atoms with Crippen LogP contribution in [0.25, 0.3) is 0 Å². The van der Waals surface area contributed by atoms with Crippen LogP contribution in [-0.4, -0.2) is 40.8 Å². The van der Waals surface area contributed by atoms with Gasteiger partial charge in [0, 0.05) is 30.9 Å². The van der Waals surface area contributed by atoms with Gasteiger partial charge in [0.25, 0.3) is 0 Å². The average Bonchev–Trinajstić information content (AvgIpc) is 3.49. The van der Waals surface area contributed by atoms with E-state index >= 15 is 0 Å². The van der Waals surface area contributed by atoms with E-state index in [1.54, 1.807) is 12.1 Å². The summed E-state index contributed by atoms with van der Waals surface area (Å²) < 4.78 is 0. The van der Waals surface area contributed by atoms with E-state index in [2.05, 4.69) is 20.5 Å². The molecule has 3 rings (SSSR count). The van der Waals surface area contributed by atoms with Crippen LogP contribution in [0.5, 0.6) is 0 Å². The van der Waals surface area contributed by atoms with E-state index in [1.165, 1.54) is 6.20 Å². The fourth-order valence-corrected chi connectivity index (χ4v) is 3.09. The summed E-state index contributed by atoms with van der Waals surface area (Å²) in [6.45, 7) is 4.79. The first-order valence-electron chi connectivity index (χ1n) is 9.43. The van der Waals surface area contributed by atoms with Crippen molar-refractivity contribution in [3.63, 3.8) is 0 Å². The van der Waals surface area contributed by atoms with Gasteiger partial charge in [0.15, 0.2) is 0 Å². The van der Waals surface area contributed by atoms with Crippen LogP contribution in [0.4, 0.5) is 11.5 Å². The molecule has 1 heterocycles. The minimum Gasteiger partial charge on any atom is -0.325 e. The Bertz CT molecular complexity index is 850. The van der Waals surface area contributed by atoms with Gasteiger partial charge >= 0.3 is 0 Å². The smallest absolute Gasteiger partial charge is 0.238 e. The van der Waals surface area contributed by atoms with Crippen molar-refractivity contribution in [2.45, 2.75) is 39.2 Å². The van der Waals surface area contributed by atoms with Crippen LogP contribution in [0.2, 0.25) is 5.02 Å². The SMILES string of the molecule is Cc1ccc(C)c(NC(=O)CN(CCC(=O)Nc2ccc(Cl)cn2)C2CC2)c1. The molecule has 1 saturated carbocycles. The van der Waals surface area contributed by atoms with Crippen molar-refractivity contribution < 1.29 is 9.59 Å². The van der Waals surface area contributed by atoms with Crippen molar-refractivity contribution in [3.05, 3.63) is 52.7 Å². The van der Waals surface area contributed by atoms with Crippen LogP contribution in [0.15, 0.2) is 36.5 Å². The molecule has 1 aliphatic rings. The first kappa shape index (κ1) is 20.3. The number of nitrogens with zero attached hydrogens (tertiary/aromatic N) is 2. The number of carbonyl (C=O) groups excluding carboxylic acids is 2. The number of amides is 2. The Kier molecular flexibility index (Phi) is 6.65. The number of pyridine rings is 1. The number of hydrogen-bond donors (Lipinski definition) is 2. The third kappa shape index (κ3) is 6.04. The Labute approximate surface area is 170 Å². The summed E-state index contributed by atoms with van der Waals surface area (Å²) in [5.41, 5.74) is 2.98. The first-order valence-corrected chi connectivity index (χ1v) is 9.81. The molecule has 0 saturated heterocycles. The lowest BCUT2D eigenvalue weighted by Gasteiger charge is -2.21. The van der Waals surface area contributed by atoms with Crippen molar-refractivity contribution in [1.29, 1.82) is 0 Å². The molecular weight excluding hydrogens is 376 g/mol. The molecule has 1 aromatic heterocycles. The summed E-state index contributed by atoms with van der Waals surface area (Å²) in [6, 6.07) is 9.72. The van der Waals surface area contributed by atoms with Gasteiger partial charge in [0.05, 0.1) is 11.6 Å². The zero-order chi connectivity index (χ0) is 20.1. The summed E-state index contributed by atoms with van der Waals surface area (Å²) in [4.78, 5) is 30.8. The number of aryl methyl sites for hydroxylation is 2. The molecule has 7 heteroatoms. The van der Waals surface area contributed by atoms with Crippen molar-refractivity contribution in [1.82, 2.24) is 9.88 Å². The van der Waals surface area contributed by atoms with Crippen LogP contribution < -0.4 is 10.6 Å². The highest BCUT2D eigenvalue weighted by Gasteiger charge is 2.30. The van der Waals surface area contributed by atoms with Crippen LogP contribution in [0.1, 0.15) is 30.4 Å². The lowest BCUT2D eigenvalue weighted by Crippen LogP contribution is -2.37. The van der Waals surface area contributed by atoms with Gasteiger partial charge in [-0.2, -0.15) is 0 Å². The molecule has 0 aliphatic heterocycles. The summed E-state index contributed by atoms with van der Waals surface area (Å²) >= 11 is 5.80. The molecule has 0 atom stereocenters. The zero-order valence-corrected chi connectivity index (χ0v) is 16.9. The second-order valence-corrected chi connectivity index (χ2v) is 7.66. The maximum absolute atomic E-state index is 12.5. The minimum atomic E-state index is -0.129. The fourth-order valence-electron chi connectivity index (χ4n) is 2.98. The summed E-state index contributed by atoms with van der Waals surface area (Å²) in [5, 5.41) is 6.27. The number of benzene rings is 1. The molecule has 2 N–H and O–H groups in total. The molecule has 0 spiro atoms. The number of carbonyl (C=O) groups is 2. The van der Waals surface area contributed by atoms with Gasteiger partial charge in [0.1, 0.15) is 5.82 Å². The fraction of sp³-hybridized carbons (Fsp3) is 0.381. The molecule has 0 unspecified atom stereocenters. The highest BCUT2D eigenvalue weighted by molar-refractivity contribution is 6.30.